The molecule has 0 spiro atoms. The van der Waals surface area contributed by atoms with Crippen LogP contribution in [0.5, 0.6) is 11.5 Å². The minimum Gasteiger partial charge on any atom is -0.493 e. The zero-order valence-electron chi connectivity index (χ0n) is 18.0. The summed E-state index contributed by atoms with van der Waals surface area (Å²) in [5, 5.41) is 6.07. The zero-order valence-corrected chi connectivity index (χ0v) is 18.0. The van der Waals surface area contributed by atoms with E-state index in [0.717, 1.165) is 30.7 Å². The fraction of sp³-hybridized carbons (Fsp3) is 0.269. The highest BCUT2D eigenvalue weighted by Gasteiger charge is 2.08. The Kier molecular flexibility index (Phi) is 8.80. The molecule has 0 unspecified atom stereocenters. The van der Waals surface area contributed by atoms with Gasteiger partial charge >= 0.3 is 0 Å². The molecule has 2 N–H and O–H groups in total. The summed E-state index contributed by atoms with van der Waals surface area (Å²) in [5.74, 6) is 1.33. The monoisotopic (exact) mass is 418 g/mol. The molecule has 5 nitrogen and oxygen atoms in total. The van der Waals surface area contributed by atoms with Crippen LogP contribution >= 0.6 is 0 Å². The molecule has 0 fully saturated rings. The highest BCUT2D eigenvalue weighted by molar-refractivity contribution is 5.95. The fourth-order valence-corrected chi connectivity index (χ4v) is 3.03. The van der Waals surface area contributed by atoms with Gasteiger partial charge in [-0.25, -0.2) is 0 Å². The predicted molar refractivity (Wildman–Crippen MR) is 126 cm³/mol. The predicted octanol–water partition coefficient (Wildman–Crippen LogP) is 5.54. The number of carbonyl (C=O) groups excluding carboxylic acids is 1. The van der Waals surface area contributed by atoms with Crippen molar-refractivity contribution in [3.8, 4) is 11.5 Å². The Hall–Kier alpha value is -3.47. The first kappa shape index (κ1) is 22.2. The summed E-state index contributed by atoms with van der Waals surface area (Å²) >= 11 is 0. The lowest BCUT2D eigenvalue weighted by Crippen LogP contribution is -2.22. The first-order valence-corrected chi connectivity index (χ1v) is 10.8. The molecule has 0 radical (unpaired) electrons. The van der Waals surface area contributed by atoms with Gasteiger partial charge in [0.15, 0.2) is 0 Å². The lowest BCUT2D eigenvalue weighted by atomic mass is 10.2. The third-order valence-electron chi connectivity index (χ3n) is 4.71. The molecule has 3 rings (SSSR count). The van der Waals surface area contributed by atoms with E-state index >= 15 is 0 Å². The number of unbranched alkanes of at least 4 members (excludes halogenated alkanes) is 1. The highest BCUT2D eigenvalue weighted by atomic mass is 16.5. The number of amides is 1. The van der Waals surface area contributed by atoms with Crippen molar-refractivity contribution in [1.82, 2.24) is 0 Å². The maximum Gasteiger partial charge on any atom is 0.243 e. The summed E-state index contributed by atoms with van der Waals surface area (Å²) in [6.07, 6.45) is 2.89. The summed E-state index contributed by atoms with van der Waals surface area (Å²) in [4.78, 5) is 12.4. The third-order valence-corrected chi connectivity index (χ3v) is 4.71. The van der Waals surface area contributed by atoms with E-state index in [2.05, 4.69) is 29.7 Å². The van der Waals surface area contributed by atoms with Gasteiger partial charge in [0.25, 0.3) is 0 Å². The first-order valence-electron chi connectivity index (χ1n) is 10.8. The molecule has 162 valence electrons. The Bertz CT molecular complexity index is 944. The maximum atomic E-state index is 12.4. The van der Waals surface area contributed by atoms with E-state index in [1.165, 1.54) is 5.56 Å². The van der Waals surface area contributed by atoms with Crippen LogP contribution in [0.3, 0.4) is 0 Å². The molecule has 0 heterocycles. The lowest BCUT2D eigenvalue weighted by Gasteiger charge is -2.13. The second-order valence-corrected chi connectivity index (χ2v) is 7.21. The van der Waals surface area contributed by atoms with Gasteiger partial charge in [0, 0.05) is 18.2 Å². The van der Waals surface area contributed by atoms with Crippen LogP contribution in [0.25, 0.3) is 0 Å². The van der Waals surface area contributed by atoms with E-state index in [-0.39, 0.29) is 12.5 Å². The number of nitrogens with one attached hydrogen (secondary N) is 2. The number of benzene rings is 3. The fourth-order valence-electron chi connectivity index (χ4n) is 3.03. The summed E-state index contributed by atoms with van der Waals surface area (Å²) in [5.41, 5.74) is 2.76. The molecule has 0 aliphatic carbocycles. The van der Waals surface area contributed by atoms with Gasteiger partial charge in [0.1, 0.15) is 11.5 Å². The molecule has 0 bridgehead atoms. The lowest BCUT2D eigenvalue weighted by molar-refractivity contribution is -0.114. The van der Waals surface area contributed by atoms with E-state index in [4.69, 9.17) is 9.47 Å². The van der Waals surface area contributed by atoms with Crippen molar-refractivity contribution >= 4 is 17.3 Å². The molecule has 3 aromatic rings. The average Bonchev–Trinajstić information content (AvgIpc) is 2.80. The van der Waals surface area contributed by atoms with Crippen LogP contribution < -0.4 is 20.1 Å². The van der Waals surface area contributed by atoms with Crippen LogP contribution in [0.2, 0.25) is 0 Å². The van der Waals surface area contributed by atoms with Gasteiger partial charge in [0.2, 0.25) is 5.91 Å². The first-order chi connectivity index (χ1) is 15.2. The van der Waals surface area contributed by atoms with E-state index in [0.29, 0.717) is 24.7 Å². The van der Waals surface area contributed by atoms with Crippen molar-refractivity contribution in [3.63, 3.8) is 0 Å². The molecule has 3 aromatic carbocycles. The van der Waals surface area contributed by atoms with Gasteiger partial charge in [0.05, 0.1) is 25.4 Å². The van der Waals surface area contributed by atoms with Gasteiger partial charge in [-0.3, -0.25) is 4.79 Å². The Labute approximate surface area is 184 Å². The number of ether oxygens (including phenoxy) is 2. The number of anilines is 2. The molecule has 0 aromatic heterocycles. The Morgan fingerprint density at radius 2 is 1.68 bits per heavy atom. The summed E-state index contributed by atoms with van der Waals surface area (Å²) in [7, 11) is 0. The molecule has 0 aliphatic heterocycles. The number of para-hydroxylation sites is 2. The third kappa shape index (κ3) is 7.70. The normalized spacial score (nSPS) is 10.4. The molecule has 5 heteroatoms. The summed E-state index contributed by atoms with van der Waals surface area (Å²) < 4.78 is 11.6. The van der Waals surface area contributed by atoms with Gasteiger partial charge in [-0.2, -0.15) is 0 Å². The molecule has 31 heavy (non-hydrogen) atoms. The van der Waals surface area contributed by atoms with Crippen LogP contribution in [0.4, 0.5) is 11.4 Å². The smallest absolute Gasteiger partial charge is 0.243 e. The van der Waals surface area contributed by atoms with E-state index < -0.39 is 0 Å². The molecular formula is C26H30N2O3. The van der Waals surface area contributed by atoms with Crippen molar-refractivity contribution < 1.29 is 14.3 Å². The summed E-state index contributed by atoms with van der Waals surface area (Å²) in [6, 6.07) is 25.4. The molecule has 0 atom stereocenters. The Morgan fingerprint density at radius 3 is 2.52 bits per heavy atom. The van der Waals surface area contributed by atoms with Gasteiger partial charge in [-0.15, -0.1) is 0 Å². The van der Waals surface area contributed by atoms with Crippen molar-refractivity contribution in [1.29, 1.82) is 0 Å². The number of hydrogen-bond donors (Lipinski definition) is 2. The largest absolute Gasteiger partial charge is 0.493 e. The second-order valence-electron chi connectivity index (χ2n) is 7.21. The van der Waals surface area contributed by atoms with Crippen molar-refractivity contribution in [3.05, 3.63) is 84.4 Å². The van der Waals surface area contributed by atoms with Crippen LogP contribution in [-0.4, -0.2) is 25.7 Å². The average molecular weight is 419 g/mol. The topological polar surface area (TPSA) is 59.6 Å². The van der Waals surface area contributed by atoms with Crippen molar-refractivity contribution in [2.75, 3.05) is 30.4 Å². The van der Waals surface area contributed by atoms with Gasteiger partial charge < -0.3 is 20.1 Å². The minimum atomic E-state index is -0.137. The molecule has 0 saturated heterocycles. The number of rotatable bonds is 12. The van der Waals surface area contributed by atoms with E-state index in [9.17, 15) is 4.79 Å². The Balaban J connectivity index is 1.46. The van der Waals surface area contributed by atoms with Crippen LogP contribution in [0, 0.1) is 0 Å². The van der Waals surface area contributed by atoms with E-state index in [1.54, 1.807) is 0 Å². The molecule has 0 aliphatic rings. The van der Waals surface area contributed by atoms with E-state index in [1.807, 2.05) is 66.7 Å². The standard InChI is InChI=1S/C26H30N2O3/c1-2-3-17-31-25-15-8-7-14-24(25)28-26(29)20-27-22-12-9-13-23(19-22)30-18-16-21-10-5-4-6-11-21/h4-15,19,27H,2-3,16-18,20H2,1H3,(H,28,29). The second kappa shape index (κ2) is 12.3. The minimum absolute atomic E-state index is 0.137. The van der Waals surface area contributed by atoms with Crippen LogP contribution in [0.1, 0.15) is 25.3 Å². The van der Waals surface area contributed by atoms with Crippen molar-refractivity contribution in [2.24, 2.45) is 0 Å². The van der Waals surface area contributed by atoms with Crippen LogP contribution in [-0.2, 0) is 11.2 Å². The quantitative estimate of drug-likeness (QED) is 0.379. The molecular weight excluding hydrogens is 388 g/mol. The molecule has 0 saturated carbocycles. The van der Waals surface area contributed by atoms with Crippen molar-refractivity contribution in [2.45, 2.75) is 26.2 Å². The zero-order chi connectivity index (χ0) is 21.7. The van der Waals surface area contributed by atoms with Crippen LogP contribution in [0.15, 0.2) is 78.9 Å². The highest BCUT2D eigenvalue weighted by Crippen LogP contribution is 2.24. The SMILES string of the molecule is CCCCOc1ccccc1NC(=O)CNc1cccc(OCCc2ccccc2)c1. The molecule has 1 amide bonds. The summed E-state index contributed by atoms with van der Waals surface area (Å²) in [6.45, 7) is 3.50. The Morgan fingerprint density at radius 1 is 0.871 bits per heavy atom. The number of carbonyl (C=O) groups is 1. The van der Waals surface area contributed by atoms with Gasteiger partial charge in [-0.05, 0) is 36.2 Å². The number of hydrogen-bond acceptors (Lipinski definition) is 4. The van der Waals surface area contributed by atoms with Gasteiger partial charge in [-0.1, -0.05) is 61.9 Å². The maximum absolute atomic E-state index is 12.4.